The van der Waals surface area contributed by atoms with Gasteiger partial charge in [-0.2, -0.15) is 0 Å². The largest absolute Gasteiger partial charge is 0.294 e. The van der Waals surface area contributed by atoms with Crippen molar-refractivity contribution < 1.29 is 0 Å². The van der Waals surface area contributed by atoms with Crippen molar-refractivity contribution in [2.75, 3.05) is 0 Å². The van der Waals surface area contributed by atoms with Crippen molar-refractivity contribution in [3.05, 3.63) is 0 Å². The van der Waals surface area contributed by atoms with Gasteiger partial charge in [0.05, 0.1) is 0 Å². The summed E-state index contributed by atoms with van der Waals surface area (Å²) in [5, 5.41) is 0. The van der Waals surface area contributed by atoms with E-state index in [1.165, 1.54) is 116 Å². The Kier molecular flexibility index (Phi) is 10.3. The van der Waals surface area contributed by atoms with Crippen LogP contribution in [0.15, 0.2) is 0 Å². The Morgan fingerprint density at radius 2 is 0.500 bits per heavy atom. The number of hydrogen-bond donors (Lipinski definition) is 0. The quantitative estimate of drug-likeness (QED) is 0.323. The third kappa shape index (κ3) is 7.00. The number of fused-ring (bicyclic) bond motifs is 1. The molecule has 0 saturated heterocycles. The SMILES string of the molecule is CC1CCC(N(C2CCC(C)CC2)C2CCC3CC(N(C4CCC(C)CC4)C4CCC(C)CC4)CCC3C2)CC1. The van der Waals surface area contributed by atoms with Gasteiger partial charge in [-0.25, -0.2) is 0 Å². The van der Waals surface area contributed by atoms with Crippen LogP contribution < -0.4 is 0 Å². The van der Waals surface area contributed by atoms with Gasteiger partial charge in [0, 0.05) is 36.3 Å². The standard InChI is InChI=1S/C38H68N2/c1-27-5-15-33(16-6-27)39(34-17-7-28(2)8-18-34)37-23-13-32-26-38(24-14-31(32)25-37)40(35-19-9-29(3)10-20-35)36-21-11-30(4)12-22-36/h27-38H,5-26H2,1-4H3. The molecule has 2 heteroatoms. The van der Waals surface area contributed by atoms with Crippen LogP contribution in [0.3, 0.4) is 0 Å². The second kappa shape index (κ2) is 13.7. The Bertz CT molecular complexity index is 639. The zero-order valence-corrected chi connectivity index (χ0v) is 27.4. The normalized spacial score (nSPS) is 47.2. The minimum atomic E-state index is 0.908. The summed E-state index contributed by atoms with van der Waals surface area (Å²) in [7, 11) is 0. The van der Waals surface area contributed by atoms with E-state index >= 15 is 0 Å². The van der Waals surface area contributed by atoms with Crippen LogP contribution in [0.25, 0.3) is 0 Å². The lowest BCUT2D eigenvalue weighted by molar-refractivity contribution is -0.0410. The molecule has 0 radical (unpaired) electrons. The first-order valence-electron chi connectivity index (χ1n) is 19.0. The molecule has 6 aliphatic rings. The topological polar surface area (TPSA) is 6.48 Å². The predicted octanol–water partition coefficient (Wildman–Crippen LogP) is 10.2. The molecule has 0 aromatic rings. The van der Waals surface area contributed by atoms with E-state index < -0.39 is 0 Å². The smallest absolute Gasteiger partial charge is 0.0104 e. The molecule has 6 fully saturated rings. The molecule has 0 aromatic carbocycles. The lowest BCUT2D eigenvalue weighted by Crippen LogP contribution is -2.56. The lowest BCUT2D eigenvalue weighted by atomic mass is 9.66. The van der Waals surface area contributed by atoms with Crippen LogP contribution in [0.1, 0.15) is 169 Å². The van der Waals surface area contributed by atoms with Gasteiger partial charge in [0.15, 0.2) is 0 Å². The maximum atomic E-state index is 3.23. The predicted molar refractivity (Wildman–Crippen MR) is 172 cm³/mol. The number of nitrogens with zero attached hydrogens (tertiary/aromatic N) is 2. The molecule has 40 heavy (non-hydrogen) atoms. The molecule has 6 aliphatic carbocycles. The second-order valence-electron chi connectivity index (χ2n) is 17.0. The summed E-state index contributed by atoms with van der Waals surface area (Å²) in [6.07, 6.45) is 33.1. The highest BCUT2D eigenvalue weighted by molar-refractivity contribution is 4.99. The van der Waals surface area contributed by atoms with Gasteiger partial charge in [-0.05, 0) is 177 Å². The van der Waals surface area contributed by atoms with Crippen molar-refractivity contribution in [1.82, 2.24) is 9.80 Å². The zero-order chi connectivity index (χ0) is 27.6. The fraction of sp³-hybridized carbons (Fsp3) is 1.00. The van der Waals surface area contributed by atoms with Crippen LogP contribution in [0.2, 0.25) is 0 Å². The number of hydrogen-bond acceptors (Lipinski definition) is 2. The maximum Gasteiger partial charge on any atom is 0.0104 e. The second-order valence-corrected chi connectivity index (χ2v) is 17.0. The molecular formula is C38H68N2. The first kappa shape index (κ1) is 30.0. The summed E-state index contributed by atoms with van der Waals surface area (Å²) < 4.78 is 0. The third-order valence-electron chi connectivity index (χ3n) is 14.0. The van der Waals surface area contributed by atoms with Crippen LogP contribution in [-0.4, -0.2) is 46.1 Å². The Labute approximate surface area is 250 Å². The molecule has 0 heterocycles. The van der Waals surface area contributed by atoms with E-state index in [0.717, 1.165) is 71.8 Å². The summed E-state index contributed by atoms with van der Waals surface area (Å²) in [5.41, 5.74) is 0. The van der Waals surface area contributed by atoms with E-state index in [-0.39, 0.29) is 0 Å². The highest BCUT2D eigenvalue weighted by Crippen LogP contribution is 2.48. The molecule has 0 aliphatic heterocycles. The van der Waals surface area contributed by atoms with Gasteiger partial charge in [-0.15, -0.1) is 0 Å². The molecule has 4 atom stereocenters. The zero-order valence-electron chi connectivity index (χ0n) is 27.4. The van der Waals surface area contributed by atoms with E-state index in [1.807, 2.05) is 0 Å². The Balaban J connectivity index is 1.11. The van der Waals surface area contributed by atoms with Gasteiger partial charge >= 0.3 is 0 Å². The van der Waals surface area contributed by atoms with E-state index in [9.17, 15) is 0 Å². The van der Waals surface area contributed by atoms with E-state index in [1.54, 1.807) is 25.7 Å². The van der Waals surface area contributed by atoms with Crippen LogP contribution in [0.4, 0.5) is 0 Å². The van der Waals surface area contributed by atoms with Crippen molar-refractivity contribution in [2.45, 2.75) is 205 Å². The van der Waals surface area contributed by atoms with Crippen LogP contribution in [-0.2, 0) is 0 Å². The maximum absolute atomic E-state index is 3.23. The van der Waals surface area contributed by atoms with Gasteiger partial charge in [-0.3, -0.25) is 9.80 Å². The van der Waals surface area contributed by atoms with Crippen molar-refractivity contribution in [3.63, 3.8) is 0 Å². The Hall–Kier alpha value is -0.0800. The van der Waals surface area contributed by atoms with Gasteiger partial charge in [0.1, 0.15) is 0 Å². The molecule has 0 aromatic heterocycles. The summed E-state index contributed by atoms with van der Waals surface area (Å²) in [4.78, 5) is 6.47. The highest BCUT2D eigenvalue weighted by Gasteiger charge is 2.44. The lowest BCUT2D eigenvalue weighted by Gasteiger charge is -2.54. The number of rotatable bonds is 6. The summed E-state index contributed by atoms with van der Waals surface area (Å²) in [6, 6.07) is 5.45. The minimum absolute atomic E-state index is 0.908. The first-order chi connectivity index (χ1) is 19.4. The van der Waals surface area contributed by atoms with Gasteiger partial charge in [0.25, 0.3) is 0 Å². The average molecular weight is 553 g/mol. The van der Waals surface area contributed by atoms with Crippen LogP contribution in [0.5, 0.6) is 0 Å². The van der Waals surface area contributed by atoms with Crippen molar-refractivity contribution in [3.8, 4) is 0 Å². The molecule has 0 N–H and O–H groups in total. The fourth-order valence-corrected chi connectivity index (χ4v) is 11.3. The molecular weight excluding hydrogens is 484 g/mol. The van der Waals surface area contributed by atoms with Crippen molar-refractivity contribution in [2.24, 2.45) is 35.5 Å². The first-order valence-corrected chi connectivity index (χ1v) is 19.0. The van der Waals surface area contributed by atoms with Crippen molar-refractivity contribution >= 4 is 0 Å². The van der Waals surface area contributed by atoms with Crippen LogP contribution >= 0.6 is 0 Å². The molecule has 230 valence electrons. The Morgan fingerprint density at radius 3 is 0.750 bits per heavy atom. The molecule has 0 bridgehead atoms. The molecule has 0 amide bonds. The van der Waals surface area contributed by atoms with Gasteiger partial charge < -0.3 is 0 Å². The van der Waals surface area contributed by atoms with Crippen LogP contribution in [0, 0.1) is 35.5 Å². The summed E-state index contributed by atoms with van der Waals surface area (Å²) in [5.74, 6) is 5.94. The van der Waals surface area contributed by atoms with E-state index in [2.05, 4.69) is 37.5 Å². The molecule has 4 unspecified atom stereocenters. The molecule has 6 rings (SSSR count). The Morgan fingerprint density at radius 1 is 0.275 bits per heavy atom. The third-order valence-corrected chi connectivity index (χ3v) is 14.0. The average Bonchev–Trinajstić information content (AvgIpc) is 2.97. The summed E-state index contributed by atoms with van der Waals surface area (Å²) in [6.45, 7) is 10.0. The minimum Gasteiger partial charge on any atom is -0.294 e. The summed E-state index contributed by atoms with van der Waals surface area (Å²) >= 11 is 0. The van der Waals surface area contributed by atoms with E-state index in [4.69, 9.17) is 0 Å². The molecule has 2 nitrogen and oxygen atoms in total. The van der Waals surface area contributed by atoms with E-state index in [0.29, 0.717) is 0 Å². The molecule has 6 saturated carbocycles. The van der Waals surface area contributed by atoms with Gasteiger partial charge in [0.2, 0.25) is 0 Å². The fourth-order valence-electron chi connectivity index (χ4n) is 11.3. The van der Waals surface area contributed by atoms with Crippen molar-refractivity contribution in [1.29, 1.82) is 0 Å². The monoisotopic (exact) mass is 553 g/mol. The van der Waals surface area contributed by atoms with Gasteiger partial charge in [-0.1, -0.05) is 27.7 Å². The highest BCUT2D eigenvalue weighted by atomic mass is 15.2. The molecule has 0 spiro atoms.